The molecule has 7 nitrogen and oxygen atoms in total. The fourth-order valence-corrected chi connectivity index (χ4v) is 1.36. The standard InChI is InChI=1S/C12H18N2O5/c1-18-8-9(15)7-14-11(16)4-5-13-12(17)10-3-2-6-19-10/h2-3,6,9,15H,4-5,7-8H2,1H3,(H,13,17)(H,14,16). The molecule has 0 aliphatic heterocycles. The molecule has 0 saturated heterocycles. The highest BCUT2D eigenvalue weighted by Gasteiger charge is 2.09. The maximum Gasteiger partial charge on any atom is 0.286 e. The number of hydrogen-bond donors (Lipinski definition) is 3. The van der Waals surface area contributed by atoms with Crippen molar-refractivity contribution in [3.05, 3.63) is 24.2 Å². The molecule has 1 unspecified atom stereocenters. The molecule has 1 aromatic rings. The first-order valence-electron chi connectivity index (χ1n) is 5.89. The molecule has 0 spiro atoms. The number of carbonyl (C=O) groups excluding carboxylic acids is 2. The molecule has 106 valence electrons. The highest BCUT2D eigenvalue weighted by Crippen LogP contribution is 1.98. The van der Waals surface area contributed by atoms with Gasteiger partial charge in [-0.25, -0.2) is 0 Å². The number of rotatable bonds is 8. The molecule has 0 fully saturated rings. The van der Waals surface area contributed by atoms with Gasteiger partial charge in [0.15, 0.2) is 5.76 Å². The molecule has 1 rings (SSSR count). The molecule has 7 heteroatoms. The second-order valence-corrected chi connectivity index (χ2v) is 3.90. The Morgan fingerprint density at radius 2 is 2.26 bits per heavy atom. The Balaban J connectivity index is 2.12. The maximum absolute atomic E-state index is 11.4. The van der Waals surface area contributed by atoms with Crippen LogP contribution in [-0.2, 0) is 9.53 Å². The number of amides is 2. The molecule has 3 N–H and O–H groups in total. The SMILES string of the molecule is COCC(O)CNC(=O)CCNC(=O)c1ccco1. The number of ether oxygens (including phenoxy) is 1. The van der Waals surface area contributed by atoms with Gasteiger partial charge in [-0.05, 0) is 12.1 Å². The van der Waals surface area contributed by atoms with E-state index in [4.69, 9.17) is 9.15 Å². The van der Waals surface area contributed by atoms with Gasteiger partial charge in [0.2, 0.25) is 5.91 Å². The van der Waals surface area contributed by atoms with Crippen LogP contribution in [0.5, 0.6) is 0 Å². The zero-order valence-electron chi connectivity index (χ0n) is 10.7. The van der Waals surface area contributed by atoms with Crippen LogP contribution < -0.4 is 10.6 Å². The quantitative estimate of drug-likeness (QED) is 0.592. The molecule has 0 aliphatic rings. The predicted molar refractivity (Wildman–Crippen MR) is 66.6 cm³/mol. The van der Waals surface area contributed by atoms with Crippen LogP contribution in [0.25, 0.3) is 0 Å². The largest absolute Gasteiger partial charge is 0.459 e. The highest BCUT2D eigenvalue weighted by molar-refractivity contribution is 5.91. The average molecular weight is 270 g/mol. The number of carbonyl (C=O) groups is 2. The van der Waals surface area contributed by atoms with Crippen LogP contribution in [0.4, 0.5) is 0 Å². The zero-order chi connectivity index (χ0) is 14.1. The van der Waals surface area contributed by atoms with Crippen molar-refractivity contribution in [1.82, 2.24) is 10.6 Å². The van der Waals surface area contributed by atoms with Crippen molar-refractivity contribution in [1.29, 1.82) is 0 Å². The molecule has 2 amide bonds. The van der Waals surface area contributed by atoms with E-state index in [1.165, 1.54) is 19.4 Å². The highest BCUT2D eigenvalue weighted by atomic mass is 16.5. The lowest BCUT2D eigenvalue weighted by Gasteiger charge is -2.10. The van der Waals surface area contributed by atoms with Gasteiger partial charge in [0.05, 0.1) is 19.0 Å². The van der Waals surface area contributed by atoms with Crippen LogP contribution in [0.1, 0.15) is 17.0 Å². The van der Waals surface area contributed by atoms with E-state index in [2.05, 4.69) is 10.6 Å². The minimum absolute atomic E-state index is 0.124. The third-order valence-electron chi connectivity index (χ3n) is 2.28. The minimum Gasteiger partial charge on any atom is -0.459 e. The monoisotopic (exact) mass is 270 g/mol. The van der Waals surface area contributed by atoms with Crippen molar-refractivity contribution >= 4 is 11.8 Å². The Morgan fingerprint density at radius 3 is 2.89 bits per heavy atom. The number of nitrogens with one attached hydrogen (secondary N) is 2. The van der Waals surface area contributed by atoms with Gasteiger partial charge >= 0.3 is 0 Å². The van der Waals surface area contributed by atoms with Gasteiger partial charge in [-0.3, -0.25) is 9.59 Å². The molecular formula is C12H18N2O5. The molecule has 0 saturated carbocycles. The molecule has 1 heterocycles. The van der Waals surface area contributed by atoms with Gasteiger partial charge < -0.3 is 24.9 Å². The van der Waals surface area contributed by atoms with E-state index in [0.717, 1.165) is 0 Å². The number of hydrogen-bond acceptors (Lipinski definition) is 5. The fraction of sp³-hybridized carbons (Fsp3) is 0.500. The van der Waals surface area contributed by atoms with Crippen LogP contribution in [0, 0.1) is 0 Å². The topological polar surface area (TPSA) is 101 Å². The fourth-order valence-electron chi connectivity index (χ4n) is 1.36. The molecule has 0 aliphatic carbocycles. The Bertz CT molecular complexity index is 391. The summed E-state index contributed by atoms with van der Waals surface area (Å²) >= 11 is 0. The second kappa shape index (κ2) is 8.28. The van der Waals surface area contributed by atoms with Crippen molar-refractivity contribution in [3.63, 3.8) is 0 Å². The van der Waals surface area contributed by atoms with E-state index >= 15 is 0 Å². The summed E-state index contributed by atoms with van der Waals surface area (Å²) in [5, 5.41) is 14.4. The number of aliphatic hydroxyl groups excluding tert-OH is 1. The van der Waals surface area contributed by atoms with Crippen LogP contribution >= 0.6 is 0 Å². The van der Waals surface area contributed by atoms with Gasteiger partial charge in [-0.1, -0.05) is 0 Å². The minimum atomic E-state index is -0.730. The first-order chi connectivity index (χ1) is 9.13. The van der Waals surface area contributed by atoms with Gasteiger partial charge in [0.1, 0.15) is 0 Å². The number of aliphatic hydroxyl groups is 1. The van der Waals surface area contributed by atoms with E-state index < -0.39 is 6.10 Å². The normalized spacial score (nSPS) is 11.9. The Hall–Kier alpha value is -1.86. The Kier molecular flexibility index (Phi) is 6.62. The van der Waals surface area contributed by atoms with Crippen molar-refractivity contribution < 1.29 is 23.8 Å². The third-order valence-corrected chi connectivity index (χ3v) is 2.28. The lowest BCUT2D eigenvalue weighted by atomic mass is 10.3. The summed E-state index contributed by atoms with van der Waals surface area (Å²) in [4.78, 5) is 22.8. The molecule has 0 aromatic carbocycles. The summed E-state index contributed by atoms with van der Waals surface area (Å²) in [5.41, 5.74) is 0. The zero-order valence-corrected chi connectivity index (χ0v) is 10.7. The molecule has 1 atom stereocenters. The summed E-state index contributed by atoms with van der Waals surface area (Å²) in [5.74, 6) is -0.414. The number of furan rings is 1. The van der Waals surface area contributed by atoms with Gasteiger partial charge in [-0.15, -0.1) is 0 Å². The van der Waals surface area contributed by atoms with E-state index in [1.807, 2.05) is 0 Å². The summed E-state index contributed by atoms with van der Waals surface area (Å²) in [6.07, 6.45) is 0.803. The third kappa shape index (κ3) is 6.03. The molecular weight excluding hydrogens is 252 g/mol. The summed E-state index contributed by atoms with van der Waals surface area (Å²) < 4.78 is 9.62. The first kappa shape index (κ1) is 15.2. The van der Waals surface area contributed by atoms with Crippen LogP contribution in [0.2, 0.25) is 0 Å². The van der Waals surface area contributed by atoms with Gasteiger partial charge in [0, 0.05) is 26.6 Å². The summed E-state index contributed by atoms with van der Waals surface area (Å²) in [6.45, 7) is 0.486. The van der Waals surface area contributed by atoms with E-state index in [9.17, 15) is 14.7 Å². The van der Waals surface area contributed by atoms with E-state index in [1.54, 1.807) is 6.07 Å². The van der Waals surface area contributed by atoms with Crippen LogP contribution in [0.3, 0.4) is 0 Å². The first-order valence-corrected chi connectivity index (χ1v) is 5.89. The molecule has 1 aromatic heterocycles. The lowest BCUT2D eigenvalue weighted by Crippen LogP contribution is -2.36. The van der Waals surface area contributed by atoms with Gasteiger partial charge in [-0.2, -0.15) is 0 Å². The lowest BCUT2D eigenvalue weighted by molar-refractivity contribution is -0.121. The molecule has 19 heavy (non-hydrogen) atoms. The molecule has 0 radical (unpaired) electrons. The van der Waals surface area contributed by atoms with Gasteiger partial charge in [0.25, 0.3) is 5.91 Å². The van der Waals surface area contributed by atoms with Crippen molar-refractivity contribution in [3.8, 4) is 0 Å². The van der Waals surface area contributed by atoms with Crippen molar-refractivity contribution in [2.75, 3.05) is 26.8 Å². The average Bonchev–Trinajstić information content (AvgIpc) is 2.90. The summed E-state index contributed by atoms with van der Waals surface area (Å²) in [7, 11) is 1.47. The Morgan fingerprint density at radius 1 is 1.47 bits per heavy atom. The van der Waals surface area contributed by atoms with Crippen molar-refractivity contribution in [2.24, 2.45) is 0 Å². The van der Waals surface area contributed by atoms with Crippen LogP contribution in [0.15, 0.2) is 22.8 Å². The van der Waals surface area contributed by atoms with E-state index in [0.29, 0.717) is 0 Å². The van der Waals surface area contributed by atoms with E-state index in [-0.39, 0.29) is 43.7 Å². The second-order valence-electron chi connectivity index (χ2n) is 3.90. The smallest absolute Gasteiger partial charge is 0.286 e. The Labute approximate surface area is 110 Å². The predicted octanol–water partition coefficient (Wildman–Crippen LogP) is -0.477. The molecule has 0 bridgehead atoms. The number of methoxy groups -OCH3 is 1. The maximum atomic E-state index is 11.4. The van der Waals surface area contributed by atoms with Crippen molar-refractivity contribution in [2.45, 2.75) is 12.5 Å². The van der Waals surface area contributed by atoms with Crippen LogP contribution in [-0.4, -0.2) is 49.8 Å². The summed E-state index contributed by atoms with van der Waals surface area (Å²) in [6, 6.07) is 3.15.